The summed E-state index contributed by atoms with van der Waals surface area (Å²) in [5.74, 6) is 0.889. The lowest BCUT2D eigenvalue weighted by Crippen LogP contribution is -2.55. The zero-order valence-electron chi connectivity index (χ0n) is 13.4. The molecule has 1 aliphatic rings. The van der Waals surface area contributed by atoms with Crippen LogP contribution in [-0.2, 0) is 4.79 Å². The fraction of sp³-hybridized carbons (Fsp3) is 0.588. The van der Waals surface area contributed by atoms with Gasteiger partial charge >= 0.3 is 0 Å². The van der Waals surface area contributed by atoms with Crippen LogP contribution in [0.5, 0.6) is 5.75 Å². The molecule has 0 aromatic heterocycles. The van der Waals surface area contributed by atoms with Crippen molar-refractivity contribution < 1.29 is 9.53 Å². The average molecular weight is 290 g/mol. The molecule has 1 aliphatic heterocycles. The molecular weight excluding hydrogens is 264 g/mol. The molecule has 21 heavy (non-hydrogen) atoms. The van der Waals surface area contributed by atoms with E-state index in [9.17, 15) is 4.79 Å². The molecule has 4 heteroatoms. The summed E-state index contributed by atoms with van der Waals surface area (Å²) in [5.41, 5.74) is 1.05. The van der Waals surface area contributed by atoms with E-state index in [1.54, 1.807) is 7.11 Å². The van der Waals surface area contributed by atoms with E-state index >= 15 is 0 Å². The lowest BCUT2D eigenvalue weighted by molar-refractivity contribution is -0.127. The fourth-order valence-corrected chi connectivity index (χ4v) is 2.95. The molecule has 116 valence electrons. The van der Waals surface area contributed by atoms with Crippen LogP contribution in [0, 0.1) is 5.41 Å². The van der Waals surface area contributed by atoms with Gasteiger partial charge in [0.2, 0.25) is 5.91 Å². The van der Waals surface area contributed by atoms with Crippen molar-refractivity contribution in [3.05, 3.63) is 29.8 Å². The number of ether oxygens (including phenoxy) is 1. The summed E-state index contributed by atoms with van der Waals surface area (Å²) in [5, 5.41) is 6.47. The quantitative estimate of drug-likeness (QED) is 0.896. The molecule has 0 saturated carbocycles. The Labute approximate surface area is 127 Å². The number of methoxy groups -OCH3 is 1. The van der Waals surface area contributed by atoms with Gasteiger partial charge in [0.05, 0.1) is 19.2 Å². The lowest BCUT2D eigenvalue weighted by Gasteiger charge is -2.38. The minimum Gasteiger partial charge on any atom is -0.497 e. The van der Waals surface area contributed by atoms with Crippen LogP contribution in [0.2, 0.25) is 0 Å². The van der Waals surface area contributed by atoms with Gasteiger partial charge in [-0.2, -0.15) is 0 Å². The van der Waals surface area contributed by atoms with Gasteiger partial charge < -0.3 is 15.4 Å². The van der Waals surface area contributed by atoms with E-state index in [1.807, 2.05) is 31.2 Å². The van der Waals surface area contributed by atoms with Crippen LogP contribution in [0.15, 0.2) is 24.3 Å². The highest BCUT2D eigenvalue weighted by molar-refractivity contribution is 5.83. The van der Waals surface area contributed by atoms with E-state index < -0.39 is 0 Å². The van der Waals surface area contributed by atoms with Gasteiger partial charge in [0.25, 0.3) is 0 Å². The average Bonchev–Trinajstić information content (AvgIpc) is 2.46. The predicted molar refractivity (Wildman–Crippen MR) is 84.4 cm³/mol. The summed E-state index contributed by atoms with van der Waals surface area (Å²) in [6.07, 6.45) is 2.20. The molecule has 2 N–H and O–H groups in total. The normalized spacial score (nSPS) is 22.4. The first-order valence-corrected chi connectivity index (χ1v) is 7.62. The Morgan fingerprint density at radius 3 is 2.90 bits per heavy atom. The smallest absolute Gasteiger partial charge is 0.238 e. The van der Waals surface area contributed by atoms with Crippen LogP contribution in [0.4, 0.5) is 0 Å². The number of piperidine rings is 1. The number of nitrogens with one attached hydrogen (secondary N) is 2. The van der Waals surface area contributed by atoms with E-state index in [-0.39, 0.29) is 23.4 Å². The Hall–Kier alpha value is -1.55. The van der Waals surface area contributed by atoms with Crippen molar-refractivity contribution in [2.45, 2.75) is 45.7 Å². The number of benzene rings is 1. The van der Waals surface area contributed by atoms with Crippen LogP contribution in [0.3, 0.4) is 0 Å². The molecule has 4 nitrogen and oxygen atoms in total. The van der Waals surface area contributed by atoms with Gasteiger partial charge in [-0.3, -0.25) is 4.79 Å². The Morgan fingerprint density at radius 1 is 1.48 bits per heavy atom. The molecule has 0 radical (unpaired) electrons. The van der Waals surface area contributed by atoms with Crippen molar-refractivity contribution in [3.63, 3.8) is 0 Å². The Bertz CT molecular complexity index is 499. The minimum absolute atomic E-state index is 0.00354. The first-order chi connectivity index (χ1) is 9.94. The zero-order chi connectivity index (χ0) is 15.5. The summed E-state index contributed by atoms with van der Waals surface area (Å²) >= 11 is 0. The van der Waals surface area contributed by atoms with Crippen molar-refractivity contribution >= 4 is 5.91 Å². The Morgan fingerprint density at radius 2 is 2.24 bits per heavy atom. The van der Waals surface area contributed by atoms with Crippen molar-refractivity contribution in [2.75, 3.05) is 13.7 Å². The molecule has 0 aliphatic carbocycles. The van der Waals surface area contributed by atoms with Gasteiger partial charge in [0.15, 0.2) is 0 Å². The first-order valence-electron chi connectivity index (χ1n) is 7.62. The van der Waals surface area contributed by atoms with E-state index in [2.05, 4.69) is 24.5 Å². The monoisotopic (exact) mass is 290 g/mol. The SMILES string of the molecule is COc1cccc([C@@H](C)NC(=O)C2NCCCC2(C)C)c1. The van der Waals surface area contributed by atoms with Crippen LogP contribution >= 0.6 is 0 Å². The highest BCUT2D eigenvalue weighted by atomic mass is 16.5. The minimum atomic E-state index is -0.126. The van der Waals surface area contributed by atoms with Crippen LogP contribution in [0.25, 0.3) is 0 Å². The van der Waals surface area contributed by atoms with E-state index in [0.29, 0.717) is 0 Å². The third kappa shape index (κ3) is 3.76. The highest BCUT2D eigenvalue weighted by Gasteiger charge is 2.37. The molecule has 0 bridgehead atoms. The second kappa shape index (κ2) is 6.48. The summed E-state index contributed by atoms with van der Waals surface area (Å²) in [7, 11) is 1.65. The van der Waals surface area contributed by atoms with Crippen molar-refractivity contribution in [1.82, 2.24) is 10.6 Å². The maximum absolute atomic E-state index is 12.5. The molecule has 1 heterocycles. The second-order valence-electron chi connectivity index (χ2n) is 6.49. The lowest BCUT2D eigenvalue weighted by atomic mass is 9.77. The van der Waals surface area contributed by atoms with Gasteiger partial charge in [0, 0.05) is 0 Å². The molecule has 1 aromatic carbocycles. The fourth-order valence-electron chi connectivity index (χ4n) is 2.95. The number of carbonyl (C=O) groups excluding carboxylic acids is 1. The van der Waals surface area contributed by atoms with Gasteiger partial charge in [-0.25, -0.2) is 0 Å². The van der Waals surface area contributed by atoms with Crippen LogP contribution in [0.1, 0.15) is 45.2 Å². The van der Waals surface area contributed by atoms with Crippen LogP contribution in [-0.4, -0.2) is 25.6 Å². The Balaban J connectivity index is 2.04. The molecule has 1 amide bonds. The number of amides is 1. The summed E-state index contributed by atoms with van der Waals surface area (Å²) in [4.78, 5) is 12.5. The summed E-state index contributed by atoms with van der Waals surface area (Å²) in [6.45, 7) is 7.22. The number of carbonyl (C=O) groups is 1. The predicted octanol–water partition coefficient (Wildman–Crippen LogP) is 2.65. The van der Waals surface area contributed by atoms with Crippen molar-refractivity contribution in [1.29, 1.82) is 0 Å². The third-order valence-corrected chi connectivity index (χ3v) is 4.34. The van der Waals surface area contributed by atoms with Gasteiger partial charge in [-0.05, 0) is 49.4 Å². The molecule has 0 spiro atoms. The topological polar surface area (TPSA) is 50.4 Å². The molecule has 2 rings (SSSR count). The maximum Gasteiger partial charge on any atom is 0.238 e. The second-order valence-corrected chi connectivity index (χ2v) is 6.49. The third-order valence-electron chi connectivity index (χ3n) is 4.34. The zero-order valence-corrected chi connectivity index (χ0v) is 13.4. The standard InChI is InChI=1S/C17H26N2O2/c1-12(13-7-5-8-14(11-13)21-4)19-16(20)15-17(2,3)9-6-10-18-15/h5,7-8,11-12,15,18H,6,9-10H2,1-4H3,(H,19,20)/t12-,15?/m1/s1. The molecule has 2 atom stereocenters. The van der Waals surface area contributed by atoms with Crippen molar-refractivity contribution in [2.24, 2.45) is 5.41 Å². The molecular formula is C17H26N2O2. The number of hydrogen-bond donors (Lipinski definition) is 2. The maximum atomic E-state index is 12.5. The van der Waals surface area contributed by atoms with Crippen LogP contribution < -0.4 is 15.4 Å². The Kier molecular flexibility index (Phi) is 4.88. The van der Waals surface area contributed by atoms with E-state index in [0.717, 1.165) is 30.7 Å². The van der Waals surface area contributed by atoms with Gasteiger partial charge in [-0.1, -0.05) is 26.0 Å². The van der Waals surface area contributed by atoms with E-state index in [4.69, 9.17) is 4.74 Å². The van der Waals surface area contributed by atoms with Gasteiger partial charge in [0.1, 0.15) is 5.75 Å². The first kappa shape index (κ1) is 15.8. The summed E-state index contributed by atoms with van der Waals surface area (Å²) in [6, 6.07) is 7.66. The van der Waals surface area contributed by atoms with Gasteiger partial charge in [-0.15, -0.1) is 0 Å². The molecule has 1 saturated heterocycles. The highest BCUT2D eigenvalue weighted by Crippen LogP contribution is 2.30. The van der Waals surface area contributed by atoms with E-state index in [1.165, 1.54) is 0 Å². The number of hydrogen-bond acceptors (Lipinski definition) is 3. The molecule has 1 aromatic rings. The number of rotatable bonds is 4. The molecule has 1 unspecified atom stereocenters. The summed E-state index contributed by atoms with van der Waals surface area (Å²) < 4.78 is 5.23. The van der Waals surface area contributed by atoms with Crippen molar-refractivity contribution in [3.8, 4) is 5.75 Å². The molecule has 1 fully saturated rings. The largest absolute Gasteiger partial charge is 0.497 e.